The third-order valence-electron chi connectivity index (χ3n) is 3.54. The maximum absolute atomic E-state index is 11.8. The summed E-state index contributed by atoms with van der Waals surface area (Å²) in [6.07, 6.45) is -3.78. The topological polar surface area (TPSA) is 206 Å². The third-order valence-corrected chi connectivity index (χ3v) is 3.99. The van der Waals surface area contributed by atoms with Crippen LogP contribution < -0.4 is 11.3 Å². The minimum absolute atomic E-state index is 0.123. The Balaban J connectivity index is 2.16. The molecule has 14 heteroatoms. The van der Waals surface area contributed by atoms with Crippen LogP contribution in [0.2, 0.25) is 0 Å². The van der Waals surface area contributed by atoms with Gasteiger partial charge in [0, 0.05) is 4.57 Å². The molecule has 1 aliphatic rings. The van der Waals surface area contributed by atoms with E-state index in [1.807, 2.05) is 0 Å². The number of aliphatic hydroxyl groups is 3. The molecule has 24 heavy (non-hydrogen) atoms. The van der Waals surface area contributed by atoms with Gasteiger partial charge in [0.05, 0.1) is 12.9 Å². The molecular weight excluding hydrogens is 349 g/mol. The summed E-state index contributed by atoms with van der Waals surface area (Å²) in [5.41, 5.74) is 4.53. The Morgan fingerprint density at radius 2 is 2.29 bits per heavy atom. The van der Waals surface area contributed by atoms with Crippen molar-refractivity contribution < 1.29 is 34.0 Å². The molecule has 0 aromatic carbocycles. The van der Waals surface area contributed by atoms with Gasteiger partial charge in [-0.3, -0.25) is 14.3 Å². The Labute approximate surface area is 133 Å². The van der Waals surface area contributed by atoms with Crippen LogP contribution in [0.5, 0.6) is 0 Å². The summed E-state index contributed by atoms with van der Waals surface area (Å²) in [6.45, 7) is -0.714. The molecule has 0 spiro atoms. The van der Waals surface area contributed by atoms with Gasteiger partial charge in [-0.15, -0.1) is 4.89 Å². The Morgan fingerprint density at radius 3 is 2.92 bits per heavy atom. The lowest BCUT2D eigenvalue weighted by atomic mass is 10.1. The number of nitrogens with one attached hydrogen (secondary N) is 1. The standard InChI is InChI=1S/C10H12N5O8P/c11-9-13-6-4(7(18)14-9)12-2-15(6)8-10(19,23-24(20)21)5(17)3(1-16)22-8/h2-3,5,8,16-17,19H,1H2,(H3-,11,13,14,18,20,21)/p+1/t3-,5-,8-,10+/m1/s1. The summed E-state index contributed by atoms with van der Waals surface area (Å²) in [6, 6.07) is 0. The molecule has 1 unspecified atom stereocenters. The van der Waals surface area contributed by atoms with E-state index in [0.29, 0.717) is 0 Å². The monoisotopic (exact) mass is 362 g/mol. The highest BCUT2D eigenvalue weighted by molar-refractivity contribution is 7.32. The maximum Gasteiger partial charge on any atom is 0.698 e. The molecule has 0 aliphatic carbocycles. The molecule has 0 amide bonds. The highest BCUT2D eigenvalue weighted by atomic mass is 31.1. The fourth-order valence-electron chi connectivity index (χ4n) is 2.50. The van der Waals surface area contributed by atoms with Crippen LogP contribution in [0.3, 0.4) is 0 Å². The zero-order valence-electron chi connectivity index (χ0n) is 11.8. The molecule has 3 rings (SSSR count). The van der Waals surface area contributed by atoms with Crippen molar-refractivity contribution in [1.82, 2.24) is 19.5 Å². The van der Waals surface area contributed by atoms with E-state index < -0.39 is 44.6 Å². The van der Waals surface area contributed by atoms with Crippen LogP contribution >= 0.6 is 8.25 Å². The molecule has 1 fully saturated rings. The lowest BCUT2D eigenvalue weighted by Crippen LogP contribution is -2.48. The number of nitrogen functional groups attached to an aromatic ring is 1. The quantitative estimate of drug-likeness (QED) is 0.244. The number of fused-ring (bicyclic) bond motifs is 1. The van der Waals surface area contributed by atoms with Crippen molar-refractivity contribution in [3.05, 3.63) is 16.7 Å². The zero-order chi connectivity index (χ0) is 17.6. The van der Waals surface area contributed by atoms with Gasteiger partial charge in [-0.2, -0.15) is 4.98 Å². The van der Waals surface area contributed by atoms with Crippen molar-refractivity contribution in [3.8, 4) is 0 Å². The Morgan fingerprint density at radius 1 is 1.58 bits per heavy atom. The van der Waals surface area contributed by atoms with E-state index >= 15 is 0 Å². The number of ether oxygens (including phenoxy) is 1. The second kappa shape index (κ2) is 5.82. The van der Waals surface area contributed by atoms with Crippen molar-refractivity contribution in [1.29, 1.82) is 0 Å². The number of aromatic amines is 1. The van der Waals surface area contributed by atoms with E-state index in [9.17, 15) is 24.7 Å². The summed E-state index contributed by atoms with van der Waals surface area (Å²) in [7, 11) is -3.34. The van der Waals surface area contributed by atoms with Crippen LogP contribution in [-0.4, -0.2) is 64.3 Å². The van der Waals surface area contributed by atoms with Gasteiger partial charge >= 0.3 is 8.25 Å². The second-order valence-electron chi connectivity index (χ2n) is 5.01. The van der Waals surface area contributed by atoms with Gasteiger partial charge in [-0.1, -0.05) is 4.52 Å². The summed E-state index contributed by atoms with van der Waals surface area (Å²) in [5.74, 6) is -2.95. The Bertz CT molecular complexity index is 853. The van der Waals surface area contributed by atoms with Crippen LogP contribution in [0.25, 0.3) is 11.2 Å². The van der Waals surface area contributed by atoms with Crippen LogP contribution in [-0.2, 0) is 13.8 Å². The maximum atomic E-state index is 11.8. The highest BCUT2D eigenvalue weighted by Crippen LogP contribution is 2.44. The van der Waals surface area contributed by atoms with Crippen molar-refractivity contribution >= 4 is 25.4 Å². The van der Waals surface area contributed by atoms with E-state index in [4.69, 9.17) is 15.4 Å². The molecule has 5 atom stereocenters. The minimum atomic E-state index is -3.34. The number of nitrogens with two attached hydrogens (primary N) is 1. The summed E-state index contributed by atoms with van der Waals surface area (Å²) in [5, 5.41) is 29.8. The third kappa shape index (κ3) is 2.48. The van der Waals surface area contributed by atoms with Gasteiger partial charge in [0.2, 0.25) is 5.95 Å². The Kier molecular flexibility index (Phi) is 4.09. The summed E-state index contributed by atoms with van der Waals surface area (Å²) < 4.78 is 21.8. The average molecular weight is 362 g/mol. The molecule has 2 aromatic rings. The first-order valence-corrected chi connectivity index (χ1v) is 7.65. The molecule has 0 radical (unpaired) electrons. The number of nitrogens with zero attached hydrogens (tertiary/aromatic N) is 3. The molecule has 130 valence electrons. The smallest absolute Gasteiger partial charge is 0.394 e. The molecule has 7 N–H and O–H groups in total. The number of anilines is 1. The molecule has 0 saturated carbocycles. The normalized spacial score (nSPS) is 30.8. The van der Waals surface area contributed by atoms with E-state index in [1.165, 1.54) is 0 Å². The van der Waals surface area contributed by atoms with Gasteiger partial charge < -0.3 is 25.8 Å². The van der Waals surface area contributed by atoms with E-state index in [-0.39, 0.29) is 17.1 Å². The van der Waals surface area contributed by atoms with E-state index in [2.05, 4.69) is 19.5 Å². The number of hydrogen-bond acceptors (Lipinski definition) is 10. The number of aliphatic hydroxyl groups excluding tert-OH is 2. The fraction of sp³-hybridized carbons (Fsp3) is 0.500. The molecule has 1 saturated heterocycles. The first-order valence-electron chi connectivity index (χ1n) is 6.52. The number of aromatic nitrogens is 4. The average Bonchev–Trinajstić information content (AvgIpc) is 2.99. The Hall–Kier alpha value is -1.99. The molecular formula is C10H13N5O8P+. The van der Waals surface area contributed by atoms with Crippen LogP contribution in [0.15, 0.2) is 11.1 Å². The van der Waals surface area contributed by atoms with E-state index in [1.54, 1.807) is 0 Å². The van der Waals surface area contributed by atoms with Crippen LogP contribution in [0.4, 0.5) is 5.95 Å². The number of rotatable bonds is 4. The zero-order valence-corrected chi connectivity index (χ0v) is 12.7. The van der Waals surface area contributed by atoms with Crippen molar-refractivity contribution in [2.75, 3.05) is 12.3 Å². The van der Waals surface area contributed by atoms with Crippen LogP contribution in [0, 0.1) is 0 Å². The lowest BCUT2D eigenvalue weighted by Gasteiger charge is -2.25. The molecule has 1 aliphatic heterocycles. The first-order chi connectivity index (χ1) is 11.3. The van der Waals surface area contributed by atoms with Gasteiger partial charge in [0.15, 0.2) is 17.4 Å². The predicted molar refractivity (Wildman–Crippen MR) is 75.4 cm³/mol. The largest absolute Gasteiger partial charge is 0.698 e. The number of hydrogen-bond donors (Lipinski definition) is 6. The van der Waals surface area contributed by atoms with Crippen molar-refractivity contribution in [2.45, 2.75) is 24.2 Å². The molecule has 13 nitrogen and oxygen atoms in total. The van der Waals surface area contributed by atoms with Gasteiger partial charge in [-0.05, 0) is 0 Å². The van der Waals surface area contributed by atoms with Crippen molar-refractivity contribution in [3.63, 3.8) is 0 Å². The molecule has 2 aromatic heterocycles. The lowest BCUT2D eigenvalue weighted by molar-refractivity contribution is -0.229. The van der Waals surface area contributed by atoms with E-state index in [0.717, 1.165) is 10.9 Å². The second-order valence-corrected chi connectivity index (χ2v) is 5.67. The first kappa shape index (κ1) is 16.9. The van der Waals surface area contributed by atoms with Gasteiger partial charge in [0.1, 0.15) is 12.2 Å². The predicted octanol–water partition coefficient (Wildman–Crippen LogP) is -2.69. The van der Waals surface area contributed by atoms with Crippen LogP contribution in [0.1, 0.15) is 6.23 Å². The van der Waals surface area contributed by atoms with Gasteiger partial charge in [-0.25, -0.2) is 4.98 Å². The van der Waals surface area contributed by atoms with Crippen molar-refractivity contribution in [2.24, 2.45) is 0 Å². The van der Waals surface area contributed by atoms with Gasteiger partial charge in [0.25, 0.3) is 11.3 Å². The highest BCUT2D eigenvalue weighted by Gasteiger charge is 2.63. The fourth-order valence-corrected chi connectivity index (χ4v) is 2.94. The molecule has 0 bridgehead atoms. The summed E-state index contributed by atoms with van der Waals surface area (Å²) in [4.78, 5) is 30.6. The minimum Gasteiger partial charge on any atom is -0.394 e. The molecule has 3 heterocycles. The SMILES string of the molecule is Nc1nc2c(ncn2[C@@H]2O[C@H](CO)[C@@H](O)[C@]2(O)O[P+](=O)O)c(=O)[nH]1. The summed E-state index contributed by atoms with van der Waals surface area (Å²) >= 11 is 0. The number of imidazole rings is 1. The number of H-pyrrole nitrogens is 1.